The van der Waals surface area contributed by atoms with Crippen LogP contribution in [-0.4, -0.2) is 10.8 Å². The summed E-state index contributed by atoms with van der Waals surface area (Å²) in [7, 11) is 0. The van der Waals surface area contributed by atoms with Crippen molar-refractivity contribution in [2.75, 3.05) is 0 Å². The summed E-state index contributed by atoms with van der Waals surface area (Å²) in [5.41, 5.74) is 0.287. The van der Waals surface area contributed by atoms with Crippen molar-refractivity contribution in [1.29, 1.82) is 0 Å². The van der Waals surface area contributed by atoms with E-state index in [4.69, 9.17) is 0 Å². The number of carbonyl (C=O) groups excluding carboxylic acids is 1. The highest BCUT2D eigenvalue weighted by molar-refractivity contribution is 5.96. The van der Waals surface area contributed by atoms with Gasteiger partial charge in [0.05, 0.1) is 6.20 Å². The number of Topliss-reactive ketones (excluding diaryl/α,β-unsaturated/α-hetero) is 1. The molecular weight excluding hydrogens is 157 g/mol. The summed E-state index contributed by atoms with van der Waals surface area (Å²) >= 11 is 0. The van der Waals surface area contributed by atoms with Gasteiger partial charge in [-0.25, -0.2) is 4.39 Å². The number of rotatable bonds is 3. The van der Waals surface area contributed by atoms with Crippen molar-refractivity contribution in [3.63, 3.8) is 0 Å². The van der Waals surface area contributed by atoms with Crippen LogP contribution in [0.4, 0.5) is 4.39 Å². The van der Waals surface area contributed by atoms with Crippen molar-refractivity contribution in [3.05, 3.63) is 42.5 Å². The van der Waals surface area contributed by atoms with Crippen molar-refractivity contribution in [2.24, 2.45) is 0 Å². The molecule has 62 valence electrons. The molecule has 0 aliphatic carbocycles. The Morgan fingerprint density at radius 2 is 2.42 bits per heavy atom. The second-order valence-corrected chi connectivity index (χ2v) is 2.31. The van der Waals surface area contributed by atoms with Crippen LogP contribution in [0.25, 0.3) is 0 Å². The third-order valence-corrected chi connectivity index (χ3v) is 1.36. The maximum Gasteiger partial charge on any atom is 0.168 e. The molecule has 1 aromatic rings. The van der Waals surface area contributed by atoms with Crippen molar-refractivity contribution in [2.45, 2.75) is 6.42 Å². The Morgan fingerprint density at radius 1 is 1.67 bits per heavy atom. The van der Waals surface area contributed by atoms with Gasteiger partial charge in [-0.2, -0.15) is 0 Å². The van der Waals surface area contributed by atoms with Crippen LogP contribution in [0.15, 0.2) is 31.1 Å². The number of ketones is 1. The lowest BCUT2D eigenvalue weighted by atomic mass is 10.1. The molecule has 1 heterocycles. The van der Waals surface area contributed by atoms with Gasteiger partial charge in [-0.15, -0.1) is 6.58 Å². The van der Waals surface area contributed by atoms with Gasteiger partial charge in [0, 0.05) is 18.2 Å². The first-order valence-corrected chi connectivity index (χ1v) is 3.48. The molecule has 0 atom stereocenters. The maximum atomic E-state index is 12.5. The Morgan fingerprint density at radius 3 is 3.00 bits per heavy atom. The first-order chi connectivity index (χ1) is 5.74. The standard InChI is InChI=1S/C9H8FNO/c1-2-3-9(12)7-4-8(10)6-11-5-7/h2,4-6H,1,3H2. The zero-order valence-electron chi connectivity index (χ0n) is 6.46. The number of hydrogen-bond acceptors (Lipinski definition) is 2. The quantitative estimate of drug-likeness (QED) is 0.506. The molecule has 0 aromatic carbocycles. The van der Waals surface area contributed by atoms with Crippen molar-refractivity contribution in [3.8, 4) is 0 Å². The van der Waals surface area contributed by atoms with E-state index in [1.807, 2.05) is 0 Å². The summed E-state index contributed by atoms with van der Waals surface area (Å²) in [6, 6.07) is 1.17. The van der Waals surface area contributed by atoms with Gasteiger partial charge in [0.25, 0.3) is 0 Å². The minimum Gasteiger partial charge on any atom is -0.294 e. The SMILES string of the molecule is C=CCC(=O)c1cncc(F)c1. The summed E-state index contributed by atoms with van der Waals surface area (Å²) in [5.74, 6) is -0.665. The normalized spacial score (nSPS) is 9.42. The number of allylic oxidation sites excluding steroid dienone is 1. The van der Waals surface area contributed by atoms with Gasteiger partial charge in [0.1, 0.15) is 5.82 Å². The zero-order valence-corrected chi connectivity index (χ0v) is 6.46. The third kappa shape index (κ3) is 1.99. The molecular formula is C9H8FNO. The van der Waals surface area contributed by atoms with Crippen LogP contribution in [-0.2, 0) is 0 Å². The van der Waals surface area contributed by atoms with E-state index in [2.05, 4.69) is 11.6 Å². The Balaban J connectivity index is 2.87. The lowest BCUT2D eigenvalue weighted by Gasteiger charge is -1.95. The molecule has 0 aliphatic rings. The molecule has 0 fully saturated rings. The van der Waals surface area contributed by atoms with Gasteiger partial charge in [0.15, 0.2) is 5.78 Å². The van der Waals surface area contributed by atoms with Crippen molar-refractivity contribution in [1.82, 2.24) is 4.98 Å². The lowest BCUT2D eigenvalue weighted by Crippen LogP contribution is -1.98. The van der Waals surface area contributed by atoms with E-state index < -0.39 is 5.82 Å². The fourth-order valence-corrected chi connectivity index (χ4v) is 0.813. The molecule has 0 bridgehead atoms. The number of pyridine rings is 1. The topological polar surface area (TPSA) is 30.0 Å². The van der Waals surface area contributed by atoms with Crippen molar-refractivity contribution < 1.29 is 9.18 Å². The van der Waals surface area contributed by atoms with Crippen molar-refractivity contribution >= 4 is 5.78 Å². The summed E-state index contributed by atoms with van der Waals surface area (Å²) in [5, 5.41) is 0. The van der Waals surface area contributed by atoms with Crippen LogP contribution in [0.1, 0.15) is 16.8 Å². The van der Waals surface area contributed by atoms with Crippen LogP contribution in [0.5, 0.6) is 0 Å². The molecule has 1 aromatic heterocycles. The molecule has 0 radical (unpaired) electrons. The molecule has 0 saturated carbocycles. The van der Waals surface area contributed by atoms with E-state index in [9.17, 15) is 9.18 Å². The van der Waals surface area contributed by atoms with E-state index in [1.54, 1.807) is 0 Å². The Hall–Kier alpha value is -1.51. The summed E-state index contributed by atoms with van der Waals surface area (Å²) < 4.78 is 12.5. The van der Waals surface area contributed by atoms with E-state index >= 15 is 0 Å². The van der Waals surface area contributed by atoms with Gasteiger partial charge in [0.2, 0.25) is 0 Å². The van der Waals surface area contributed by atoms with Gasteiger partial charge in [-0.05, 0) is 6.07 Å². The first kappa shape index (κ1) is 8.59. The van der Waals surface area contributed by atoms with E-state index in [0.29, 0.717) is 0 Å². The molecule has 3 heteroatoms. The number of carbonyl (C=O) groups is 1. The number of nitrogens with zero attached hydrogens (tertiary/aromatic N) is 1. The van der Waals surface area contributed by atoms with Crippen LogP contribution in [0.3, 0.4) is 0 Å². The second kappa shape index (κ2) is 3.76. The second-order valence-electron chi connectivity index (χ2n) is 2.31. The predicted octanol–water partition coefficient (Wildman–Crippen LogP) is 1.98. The molecule has 0 saturated heterocycles. The van der Waals surface area contributed by atoms with E-state index in [1.165, 1.54) is 18.3 Å². The Kier molecular flexibility index (Phi) is 2.69. The predicted molar refractivity (Wildman–Crippen MR) is 43.3 cm³/mol. The van der Waals surface area contributed by atoms with E-state index in [-0.39, 0.29) is 17.8 Å². The zero-order chi connectivity index (χ0) is 8.97. The van der Waals surface area contributed by atoms with Crippen LogP contribution >= 0.6 is 0 Å². The molecule has 0 N–H and O–H groups in total. The minimum absolute atomic E-state index is 0.169. The van der Waals surface area contributed by atoms with E-state index in [0.717, 1.165) is 6.20 Å². The highest BCUT2D eigenvalue weighted by Gasteiger charge is 2.04. The first-order valence-electron chi connectivity index (χ1n) is 3.48. The minimum atomic E-state index is -0.495. The number of aromatic nitrogens is 1. The number of hydrogen-bond donors (Lipinski definition) is 0. The highest BCUT2D eigenvalue weighted by atomic mass is 19.1. The average Bonchev–Trinajstić information content (AvgIpc) is 2.05. The van der Waals surface area contributed by atoms with Gasteiger partial charge >= 0.3 is 0 Å². The molecule has 12 heavy (non-hydrogen) atoms. The Bertz CT molecular complexity index is 309. The van der Waals surface area contributed by atoms with Crippen LogP contribution < -0.4 is 0 Å². The largest absolute Gasteiger partial charge is 0.294 e. The molecule has 0 amide bonds. The molecule has 0 unspecified atom stereocenters. The summed E-state index contributed by atoms with van der Waals surface area (Å²) in [6.07, 6.45) is 4.10. The molecule has 0 spiro atoms. The summed E-state index contributed by atoms with van der Waals surface area (Å²) in [6.45, 7) is 3.41. The van der Waals surface area contributed by atoms with Crippen LogP contribution in [0.2, 0.25) is 0 Å². The smallest absolute Gasteiger partial charge is 0.168 e. The fourth-order valence-electron chi connectivity index (χ4n) is 0.813. The van der Waals surface area contributed by atoms with Gasteiger partial charge in [-0.3, -0.25) is 9.78 Å². The maximum absolute atomic E-state index is 12.5. The summed E-state index contributed by atoms with van der Waals surface area (Å²) in [4.78, 5) is 14.7. The monoisotopic (exact) mass is 165 g/mol. The number of halogens is 1. The third-order valence-electron chi connectivity index (χ3n) is 1.36. The van der Waals surface area contributed by atoms with Crippen LogP contribution in [0, 0.1) is 5.82 Å². The molecule has 1 rings (SSSR count). The van der Waals surface area contributed by atoms with Gasteiger partial charge < -0.3 is 0 Å². The average molecular weight is 165 g/mol. The lowest BCUT2D eigenvalue weighted by molar-refractivity contribution is 0.0995. The molecule has 2 nitrogen and oxygen atoms in total. The Labute approximate surface area is 69.7 Å². The fraction of sp³-hybridized carbons (Fsp3) is 0.111. The molecule has 0 aliphatic heterocycles. The van der Waals surface area contributed by atoms with Gasteiger partial charge in [-0.1, -0.05) is 6.08 Å². The highest BCUT2D eigenvalue weighted by Crippen LogP contribution is 2.04.